The van der Waals surface area contributed by atoms with Crippen molar-refractivity contribution < 1.29 is 18.0 Å². The molecule has 0 unspecified atom stereocenters. The Bertz CT molecular complexity index is 1090. The van der Waals surface area contributed by atoms with Gasteiger partial charge in [0.05, 0.1) is 15.5 Å². The van der Waals surface area contributed by atoms with E-state index in [0.717, 1.165) is 5.69 Å². The lowest BCUT2D eigenvalue weighted by Gasteiger charge is -2.36. The van der Waals surface area contributed by atoms with E-state index in [0.29, 0.717) is 44.8 Å². The van der Waals surface area contributed by atoms with Crippen molar-refractivity contribution in [1.29, 1.82) is 0 Å². The van der Waals surface area contributed by atoms with Crippen LogP contribution in [-0.4, -0.2) is 68.6 Å². The molecule has 32 heavy (non-hydrogen) atoms. The highest BCUT2D eigenvalue weighted by molar-refractivity contribution is 7.89. The quantitative estimate of drug-likeness (QED) is 0.570. The van der Waals surface area contributed by atoms with Gasteiger partial charge in [-0.25, -0.2) is 8.42 Å². The van der Waals surface area contributed by atoms with Crippen LogP contribution in [0.25, 0.3) is 0 Å². The lowest BCUT2D eigenvalue weighted by atomic mass is 10.1. The van der Waals surface area contributed by atoms with Crippen LogP contribution in [0, 0.1) is 0 Å². The average molecular weight is 478 g/mol. The predicted molar refractivity (Wildman–Crippen MR) is 126 cm³/mol. The van der Waals surface area contributed by atoms with Gasteiger partial charge in [0.1, 0.15) is 0 Å². The molecule has 0 aromatic heterocycles. The number of amides is 1. The second kappa shape index (κ2) is 10.0. The Kier molecular flexibility index (Phi) is 7.59. The number of hydrogen-bond acceptors (Lipinski definition) is 5. The monoisotopic (exact) mass is 477 g/mol. The summed E-state index contributed by atoms with van der Waals surface area (Å²) >= 11 is 6.28. The Labute approximate surface area is 194 Å². The van der Waals surface area contributed by atoms with E-state index >= 15 is 0 Å². The molecule has 9 heteroatoms. The molecule has 2 aromatic carbocycles. The van der Waals surface area contributed by atoms with E-state index < -0.39 is 10.0 Å². The van der Waals surface area contributed by atoms with Gasteiger partial charge in [-0.1, -0.05) is 25.4 Å². The fraction of sp³-hybridized carbons (Fsp3) is 0.391. The van der Waals surface area contributed by atoms with E-state index in [4.69, 9.17) is 11.6 Å². The van der Waals surface area contributed by atoms with E-state index in [-0.39, 0.29) is 27.2 Å². The number of ketones is 1. The van der Waals surface area contributed by atoms with Crippen molar-refractivity contribution in [3.05, 3.63) is 58.6 Å². The number of carbonyl (C=O) groups is 2. The number of halogens is 1. The summed E-state index contributed by atoms with van der Waals surface area (Å²) < 4.78 is 27.1. The van der Waals surface area contributed by atoms with Crippen LogP contribution in [0.3, 0.4) is 0 Å². The zero-order valence-corrected chi connectivity index (χ0v) is 20.1. The molecule has 2 aromatic rings. The molecule has 0 aliphatic carbocycles. The summed E-state index contributed by atoms with van der Waals surface area (Å²) in [6.45, 7) is 7.99. The number of sulfonamides is 1. The molecule has 1 saturated heterocycles. The average Bonchev–Trinajstić information content (AvgIpc) is 2.79. The second-order valence-electron chi connectivity index (χ2n) is 7.61. The first kappa shape index (κ1) is 24.2. The van der Waals surface area contributed by atoms with Gasteiger partial charge >= 0.3 is 0 Å². The fourth-order valence-corrected chi connectivity index (χ4v) is 5.47. The standard InChI is InChI=1S/C23H28ClN3O4S/c1-4-27(5-2)32(30,31)20-10-11-22(24)21(16-20)23(29)26-14-12-25(13-15-26)19-8-6-18(7-9-19)17(3)28/h6-11,16H,4-5,12-15H2,1-3H3. The number of rotatable bonds is 7. The topological polar surface area (TPSA) is 78.0 Å². The summed E-state index contributed by atoms with van der Waals surface area (Å²) in [5.74, 6) is -0.257. The highest BCUT2D eigenvalue weighted by atomic mass is 35.5. The van der Waals surface area contributed by atoms with Gasteiger partial charge in [0.15, 0.2) is 5.78 Å². The number of piperazine rings is 1. The van der Waals surface area contributed by atoms with Crippen LogP contribution in [0.15, 0.2) is 47.4 Å². The minimum atomic E-state index is -3.69. The summed E-state index contributed by atoms with van der Waals surface area (Å²) in [4.78, 5) is 28.5. The molecule has 172 valence electrons. The molecule has 0 saturated carbocycles. The number of anilines is 1. The second-order valence-corrected chi connectivity index (χ2v) is 9.96. The summed E-state index contributed by atoms with van der Waals surface area (Å²) in [5.41, 5.74) is 1.85. The van der Waals surface area contributed by atoms with Crippen molar-refractivity contribution >= 4 is 39.0 Å². The molecule has 0 N–H and O–H groups in total. The number of benzene rings is 2. The Morgan fingerprint density at radius 3 is 2.09 bits per heavy atom. The maximum absolute atomic E-state index is 13.1. The minimum Gasteiger partial charge on any atom is -0.368 e. The molecule has 1 aliphatic rings. The molecule has 0 bridgehead atoms. The Hall–Kier alpha value is -2.42. The van der Waals surface area contributed by atoms with Gasteiger partial charge in [-0.2, -0.15) is 4.31 Å². The van der Waals surface area contributed by atoms with E-state index in [1.807, 2.05) is 12.1 Å². The van der Waals surface area contributed by atoms with Crippen molar-refractivity contribution in [2.24, 2.45) is 0 Å². The summed E-state index contributed by atoms with van der Waals surface area (Å²) in [5, 5.41) is 0.232. The zero-order chi connectivity index (χ0) is 23.5. The van der Waals surface area contributed by atoms with Crippen LogP contribution >= 0.6 is 11.6 Å². The number of Topliss-reactive ketones (excluding diaryl/α,β-unsaturated/α-hetero) is 1. The molecule has 0 spiro atoms. The van der Waals surface area contributed by atoms with Crippen molar-refractivity contribution in [3.63, 3.8) is 0 Å². The van der Waals surface area contributed by atoms with Gasteiger partial charge in [-0.05, 0) is 49.4 Å². The first-order valence-corrected chi connectivity index (χ1v) is 12.5. The molecule has 0 atom stereocenters. The molecular formula is C23H28ClN3O4S. The SMILES string of the molecule is CCN(CC)S(=O)(=O)c1ccc(Cl)c(C(=O)N2CCN(c3ccc(C(C)=O)cc3)CC2)c1. The highest BCUT2D eigenvalue weighted by Crippen LogP contribution is 2.25. The normalized spacial score (nSPS) is 14.7. The number of hydrogen-bond donors (Lipinski definition) is 0. The third kappa shape index (κ3) is 4.98. The van der Waals surface area contributed by atoms with E-state index in [1.54, 1.807) is 30.9 Å². The Morgan fingerprint density at radius 2 is 1.56 bits per heavy atom. The fourth-order valence-electron chi connectivity index (χ4n) is 3.79. The summed E-state index contributed by atoms with van der Waals surface area (Å²) in [6.07, 6.45) is 0. The first-order chi connectivity index (χ1) is 15.2. The van der Waals surface area contributed by atoms with Gasteiger partial charge in [0, 0.05) is 50.5 Å². The predicted octanol–water partition coefficient (Wildman–Crippen LogP) is 3.54. The van der Waals surface area contributed by atoms with Crippen molar-refractivity contribution in [2.75, 3.05) is 44.2 Å². The number of carbonyl (C=O) groups excluding carboxylic acids is 2. The third-order valence-electron chi connectivity index (χ3n) is 5.72. The highest BCUT2D eigenvalue weighted by Gasteiger charge is 2.27. The summed E-state index contributed by atoms with van der Waals surface area (Å²) in [6, 6.07) is 11.7. The van der Waals surface area contributed by atoms with Gasteiger partial charge in [-0.15, -0.1) is 0 Å². The maximum Gasteiger partial charge on any atom is 0.255 e. The number of nitrogens with zero attached hydrogens (tertiary/aromatic N) is 3. The van der Waals surface area contributed by atoms with E-state index in [2.05, 4.69) is 4.90 Å². The van der Waals surface area contributed by atoms with Gasteiger partial charge in [0.25, 0.3) is 5.91 Å². The van der Waals surface area contributed by atoms with Crippen molar-refractivity contribution in [2.45, 2.75) is 25.7 Å². The van der Waals surface area contributed by atoms with Crippen LogP contribution in [0.4, 0.5) is 5.69 Å². The molecular weight excluding hydrogens is 450 g/mol. The Morgan fingerprint density at radius 1 is 0.969 bits per heavy atom. The van der Waals surface area contributed by atoms with Crippen LogP contribution in [-0.2, 0) is 10.0 Å². The van der Waals surface area contributed by atoms with Crippen molar-refractivity contribution in [3.8, 4) is 0 Å². The van der Waals surface area contributed by atoms with Crippen LogP contribution in [0.2, 0.25) is 5.02 Å². The van der Waals surface area contributed by atoms with Gasteiger partial charge in [0.2, 0.25) is 10.0 Å². The molecule has 1 heterocycles. The lowest BCUT2D eigenvalue weighted by molar-refractivity contribution is 0.0746. The van der Waals surface area contributed by atoms with Crippen LogP contribution < -0.4 is 4.90 Å². The molecule has 0 radical (unpaired) electrons. The molecule has 7 nitrogen and oxygen atoms in total. The maximum atomic E-state index is 13.1. The van der Waals surface area contributed by atoms with Crippen LogP contribution in [0.1, 0.15) is 41.5 Å². The largest absolute Gasteiger partial charge is 0.368 e. The first-order valence-electron chi connectivity index (χ1n) is 10.6. The van der Waals surface area contributed by atoms with E-state index in [1.165, 1.54) is 29.4 Å². The molecule has 1 amide bonds. The molecule has 1 aliphatic heterocycles. The lowest BCUT2D eigenvalue weighted by Crippen LogP contribution is -2.48. The van der Waals surface area contributed by atoms with E-state index in [9.17, 15) is 18.0 Å². The summed E-state index contributed by atoms with van der Waals surface area (Å²) in [7, 11) is -3.69. The smallest absolute Gasteiger partial charge is 0.255 e. The minimum absolute atomic E-state index is 0.0223. The zero-order valence-electron chi connectivity index (χ0n) is 18.5. The molecule has 1 fully saturated rings. The Balaban J connectivity index is 1.74. The third-order valence-corrected chi connectivity index (χ3v) is 8.09. The van der Waals surface area contributed by atoms with Crippen LogP contribution in [0.5, 0.6) is 0 Å². The van der Waals surface area contributed by atoms with Gasteiger partial charge in [-0.3, -0.25) is 9.59 Å². The van der Waals surface area contributed by atoms with Crippen molar-refractivity contribution in [1.82, 2.24) is 9.21 Å². The molecule has 3 rings (SSSR count). The van der Waals surface area contributed by atoms with Gasteiger partial charge < -0.3 is 9.80 Å².